The summed E-state index contributed by atoms with van der Waals surface area (Å²) in [5.74, 6) is 1.95. The fourth-order valence-corrected chi connectivity index (χ4v) is 2.03. The van der Waals surface area contributed by atoms with Gasteiger partial charge in [0.15, 0.2) is 11.9 Å². The van der Waals surface area contributed by atoms with E-state index in [1.165, 1.54) is 0 Å². The molecule has 0 radical (unpaired) electrons. The Kier molecular flexibility index (Phi) is 3.94. The maximum atomic E-state index is 5.52. The molecule has 0 saturated carbocycles. The molecule has 0 N–H and O–H groups in total. The van der Waals surface area contributed by atoms with Gasteiger partial charge >= 0.3 is 0 Å². The minimum atomic E-state index is -0.249. The molecule has 6 heteroatoms. The number of methoxy groups -OCH3 is 1. The highest BCUT2D eigenvalue weighted by Gasteiger charge is 2.22. The van der Waals surface area contributed by atoms with Crippen molar-refractivity contribution in [1.82, 2.24) is 10.1 Å². The molecule has 1 aromatic carbocycles. The number of hydrogen-bond acceptors (Lipinski definition) is 6. The van der Waals surface area contributed by atoms with Crippen molar-refractivity contribution >= 4 is 0 Å². The number of nitrogens with zero attached hydrogens (tertiary/aromatic N) is 2. The lowest BCUT2D eigenvalue weighted by Crippen LogP contribution is -2.22. The zero-order valence-corrected chi connectivity index (χ0v) is 11.2. The third-order valence-corrected chi connectivity index (χ3v) is 3.10. The highest BCUT2D eigenvalue weighted by Crippen LogP contribution is 2.20. The van der Waals surface area contributed by atoms with Gasteiger partial charge in [0.05, 0.1) is 26.9 Å². The van der Waals surface area contributed by atoms with Crippen LogP contribution in [0, 0.1) is 0 Å². The third-order valence-electron chi connectivity index (χ3n) is 3.10. The van der Waals surface area contributed by atoms with E-state index in [0.717, 1.165) is 11.3 Å². The molecule has 1 aliphatic rings. The van der Waals surface area contributed by atoms with E-state index in [-0.39, 0.29) is 6.10 Å². The van der Waals surface area contributed by atoms with E-state index >= 15 is 0 Å². The summed E-state index contributed by atoms with van der Waals surface area (Å²) in [6.45, 7) is 1.63. The minimum Gasteiger partial charge on any atom is -0.497 e. The van der Waals surface area contributed by atoms with Crippen LogP contribution in [0.4, 0.5) is 0 Å². The first-order chi connectivity index (χ1) is 9.85. The van der Waals surface area contributed by atoms with Crippen LogP contribution in [0.2, 0.25) is 0 Å². The van der Waals surface area contributed by atoms with Crippen LogP contribution in [0.25, 0.3) is 0 Å². The summed E-state index contributed by atoms with van der Waals surface area (Å²) in [4.78, 5) is 4.36. The predicted octanol–water partition coefficient (Wildman–Crippen LogP) is 1.76. The van der Waals surface area contributed by atoms with Crippen LogP contribution in [0.5, 0.6) is 5.75 Å². The highest BCUT2D eigenvalue weighted by atomic mass is 16.6. The Morgan fingerprint density at radius 1 is 1.25 bits per heavy atom. The standard InChI is InChI=1S/C14H16N2O4/c1-17-11-4-2-10(3-5-11)8-13-15-14(20-16-13)12-9-18-6-7-19-12/h2-5,12H,6-9H2,1H3. The van der Waals surface area contributed by atoms with Crippen LogP contribution in [-0.4, -0.2) is 37.1 Å². The number of hydrogen-bond donors (Lipinski definition) is 0. The van der Waals surface area contributed by atoms with E-state index in [2.05, 4.69) is 10.1 Å². The normalized spacial score (nSPS) is 18.9. The summed E-state index contributed by atoms with van der Waals surface area (Å²) in [6, 6.07) is 7.78. The van der Waals surface area contributed by atoms with Crippen molar-refractivity contribution in [1.29, 1.82) is 0 Å². The van der Waals surface area contributed by atoms with Gasteiger partial charge in [0.2, 0.25) is 0 Å². The molecule has 1 saturated heterocycles. The maximum absolute atomic E-state index is 5.52. The van der Waals surface area contributed by atoms with Gasteiger partial charge in [0.1, 0.15) is 5.75 Å². The quantitative estimate of drug-likeness (QED) is 0.847. The summed E-state index contributed by atoms with van der Waals surface area (Å²) in [5.41, 5.74) is 1.10. The Morgan fingerprint density at radius 3 is 2.80 bits per heavy atom. The van der Waals surface area contributed by atoms with Gasteiger partial charge < -0.3 is 18.7 Å². The average molecular weight is 276 g/mol. The van der Waals surface area contributed by atoms with Crippen molar-refractivity contribution in [3.63, 3.8) is 0 Å². The van der Waals surface area contributed by atoms with Crippen molar-refractivity contribution in [3.05, 3.63) is 41.5 Å². The van der Waals surface area contributed by atoms with Crippen molar-refractivity contribution in [2.45, 2.75) is 12.5 Å². The Labute approximate surface area is 116 Å². The molecule has 0 bridgehead atoms. The van der Waals surface area contributed by atoms with E-state index < -0.39 is 0 Å². The van der Waals surface area contributed by atoms with Crippen molar-refractivity contribution in [2.24, 2.45) is 0 Å². The van der Waals surface area contributed by atoms with Crippen molar-refractivity contribution in [2.75, 3.05) is 26.9 Å². The maximum Gasteiger partial charge on any atom is 0.258 e. The molecular weight excluding hydrogens is 260 g/mol. The molecule has 1 fully saturated rings. The van der Waals surface area contributed by atoms with Gasteiger partial charge in [-0.2, -0.15) is 4.98 Å². The average Bonchev–Trinajstić information content (AvgIpc) is 2.97. The number of ether oxygens (including phenoxy) is 3. The van der Waals surface area contributed by atoms with Crippen LogP contribution in [-0.2, 0) is 15.9 Å². The van der Waals surface area contributed by atoms with Crippen LogP contribution in [0.3, 0.4) is 0 Å². The lowest BCUT2D eigenvalue weighted by molar-refractivity contribution is -0.101. The molecule has 2 aromatic rings. The second-order valence-corrected chi connectivity index (χ2v) is 4.51. The zero-order valence-electron chi connectivity index (χ0n) is 11.2. The van der Waals surface area contributed by atoms with E-state index in [1.807, 2.05) is 24.3 Å². The summed E-state index contributed by atoms with van der Waals surface area (Å²) >= 11 is 0. The molecule has 1 aliphatic heterocycles. The van der Waals surface area contributed by atoms with Gasteiger partial charge in [0.25, 0.3) is 5.89 Å². The Hall–Kier alpha value is -1.92. The first kappa shape index (κ1) is 13.1. The minimum absolute atomic E-state index is 0.249. The number of benzene rings is 1. The van der Waals surface area contributed by atoms with Gasteiger partial charge in [-0.1, -0.05) is 17.3 Å². The molecule has 1 unspecified atom stereocenters. The van der Waals surface area contributed by atoms with Crippen LogP contribution in [0.15, 0.2) is 28.8 Å². The molecule has 1 atom stereocenters. The lowest BCUT2D eigenvalue weighted by atomic mass is 10.1. The van der Waals surface area contributed by atoms with Gasteiger partial charge in [-0.3, -0.25) is 0 Å². The smallest absolute Gasteiger partial charge is 0.258 e. The van der Waals surface area contributed by atoms with Gasteiger partial charge in [-0.05, 0) is 17.7 Å². The summed E-state index contributed by atoms with van der Waals surface area (Å²) in [7, 11) is 1.65. The molecule has 6 nitrogen and oxygen atoms in total. The summed E-state index contributed by atoms with van der Waals surface area (Å²) in [6.07, 6.45) is 0.363. The van der Waals surface area contributed by atoms with Gasteiger partial charge in [-0.15, -0.1) is 0 Å². The largest absolute Gasteiger partial charge is 0.497 e. The first-order valence-electron chi connectivity index (χ1n) is 6.50. The zero-order chi connectivity index (χ0) is 13.8. The van der Waals surface area contributed by atoms with Crippen LogP contribution < -0.4 is 4.74 Å². The van der Waals surface area contributed by atoms with Crippen molar-refractivity contribution in [3.8, 4) is 5.75 Å². The van der Waals surface area contributed by atoms with E-state index in [4.69, 9.17) is 18.7 Å². The SMILES string of the molecule is COc1ccc(Cc2noc(C3COCCO3)n2)cc1. The molecule has 2 heterocycles. The molecule has 20 heavy (non-hydrogen) atoms. The van der Waals surface area contributed by atoms with E-state index in [1.54, 1.807) is 7.11 Å². The van der Waals surface area contributed by atoms with Gasteiger partial charge in [-0.25, -0.2) is 0 Å². The summed E-state index contributed by atoms with van der Waals surface area (Å²) in [5, 5.41) is 3.98. The topological polar surface area (TPSA) is 66.6 Å². The molecule has 0 amide bonds. The summed E-state index contributed by atoms with van der Waals surface area (Å²) < 4.78 is 21.2. The second-order valence-electron chi connectivity index (χ2n) is 4.51. The fourth-order valence-electron chi connectivity index (χ4n) is 2.03. The lowest BCUT2D eigenvalue weighted by Gasteiger charge is -2.19. The third kappa shape index (κ3) is 2.97. The Morgan fingerprint density at radius 2 is 2.10 bits per heavy atom. The molecule has 106 valence electrons. The number of aromatic nitrogens is 2. The van der Waals surface area contributed by atoms with E-state index in [9.17, 15) is 0 Å². The Bertz CT molecular complexity index is 547. The predicted molar refractivity (Wildman–Crippen MR) is 69.6 cm³/mol. The molecule has 0 spiro atoms. The monoisotopic (exact) mass is 276 g/mol. The molecule has 1 aromatic heterocycles. The number of rotatable bonds is 4. The first-order valence-corrected chi connectivity index (χ1v) is 6.50. The van der Waals surface area contributed by atoms with Crippen LogP contribution in [0.1, 0.15) is 23.4 Å². The van der Waals surface area contributed by atoms with Crippen molar-refractivity contribution < 1.29 is 18.7 Å². The van der Waals surface area contributed by atoms with E-state index in [0.29, 0.717) is 38.0 Å². The Balaban J connectivity index is 1.66. The second kappa shape index (κ2) is 6.02. The highest BCUT2D eigenvalue weighted by molar-refractivity contribution is 5.28. The molecular formula is C14H16N2O4. The molecule has 0 aliphatic carbocycles. The molecule has 3 rings (SSSR count). The van der Waals surface area contributed by atoms with Crippen LogP contribution >= 0.6 is 0 Å². The van der Waals surface area contributed by atoms with Gasteiger partial charge in [0, 0.05) is 6.42 Å². The fraction of sp³-hybridized carbons (Fsp3) is 0.429.